The average Bonchev–Trinajstić information content (AvgIpc) is 3.00. The van der Waals surface area contributed by atoms with Gasteiger partial charge in [0.05, 0.1) is 6.54 Å². The molecule has 26 heavy (non-hydrogen) atoms. The first kappa shape index (κ1) is 17.0. The number of fused-ring (bicyclic) bond motifs is 1. The Hall–Kier alpha value is -2.40. The van der Waals surface area contributed by atoms with Gasteiger partial charge in [0.1, 0.15) is 11.9 Å². The van der Waals surface area contributed by atoms with Crippen molar-refractivity contribution in [2.75, 3.05) is 24.5 Å². The molecule has 2 aromatic rings. The highest BCUT2D eigenvalue weighted by atomic mass is 16.5. The van der Waals surface area contributed by atoms with Crippen molar-refractivity contribution < 1.29 is 9.53 Å². The summed E-state index contributed by atoms with van der Waals surface area (Å²) in [5.41, 5.74) is 2.36. The lowest BCUT2D eigenvalue weighted by molar-refractivity contribution is -0.120. The van der Waals surface area contributed by atoms with Crippen LogP contribution in [-0.4, -0.2) is 47.6 Å². The van der Waals surface area contributed by atoms with Gasteiger partial charge >= 0.3 is 0 Å². The van der Waals surface area contributed by atoms with E-state index in [0.717, 1.165) is 43.8 Å². The number of rotatable bonds is 4. The summed E-state index contributed by atoms with van der Waals surface area (Å²) in [6.07, 6.45) is 6.55. The molecule has 1 atom stereocenters. The highest BCUT2D eigenvalue weighted by molar-refractivity contribution is 5.97. The third-order valence-corrected chi connectivity index (χ3v) is 5.32. The Morgan fingerprint density at radius 3 is 2.65 bits per heavy atom. The third kappa shape index (κ3) is 3.58. The Labute approximate surface area is 154 Å². The zero-order valence-electron chi connectivity index (χ0n) is 15.2. The van der Waals surface area contributed by atoms with Gasteiger partial charge in [-0.2, -0.15) is 0 Å². The molecule has 0 aliphatic carbocycles. The van der Waals surface area contributed by atoms with Crippen LogP contribution in [0.15, 0.2) is 48.8 Å². The van der Waals surface area contributed by atoms with E-state index < -0.39 is 0 Å². The molecular weight excluding hydrogens is 326 g/mol. The van der Waals surface area contributed by atoms with Gasteiger partial charge < -0.3 is 9.64 Å². The number of para-hydroxylation sites is 1. The number of carbonyl (C=O) groups excluding carboxylic acids is 1. The van der Waals surface area contributed by atoms with Crippen molar-refractivity contribution in [3.05, 3.63) is 54.4 Å². The highest BCUT2D eigenvalue weighted by Gasteiger charge is 2.32. The zero-order valence-corrected chi connectivity index (χ0v) is 15.2. The molecule has 136 valence electrons. The van der Waals surface area contributed by atoms with E-state index in [0.29, 0.717) is 6.54 Å². The minimum atomic E-state index is 0.205. The molecule has 0 radical (unpaired) electrons. The third-order valence-electron chi connectivity index (χ3n) is 5.32. The summed E-state index contributed by atoms with van der Waals surface area (Å²) < 4.78 is 6.01. The molecule has 1 unspecified atom stereocenters. The summed E-state index contributed by atoms with van der Waals surface area (Å²) in [6, 6.07) is 12.3. The molecule has 0 saturated carbocycles. The van der Waals surface area contributed by atoms with Crippen LogP contribution in [0.25, 0.3) is 0 Å². The Morgan fingerprint density at radius 1 is 1.15 bits per heavy atom. The van der Waals surface area contributed by atoms with Crippen LogP contribution in [0.3, 0.4) is 0 Å². The molecule has 1 aromatic carbocycles. The number of ether oxygens (including phenoxy) is 1. The predicted octanol–water partition coefficient (Wildman–Crippen LogP) is 2.90. The molecule has 2 aliphatic heterocycles. The maximum Gasteiger partial charge on any atom is 0.241 e. The fourth-order valence-corrected chi connectivity index (χ4v) is 4.01. The second kappa shape index (κ2) is 7.46. The van der Waals surface area contributed by atoms with Gasteiger partial charge in [-0.25, -0.2) is 0 Å². The number of piperidine rings is 1. The van der Waals surface area contributed by atoms with Gasteiger partial charge in [-0.1, -0.05) is 18.2 Å². The van der Waals surface area contributed by atoms with E-state index >= 15 is 0 Å². The lowest BCUT2D eigenvalue weighted by Crippen LogP contribution is -2.46. The van der Waals surface area contributed by atoms with E-state index in [1.807, 2.05) is 29.2 Å². The van der Waals surface area contributed by atoms with Gasteiger partial charge in [-0.3, -0.25) is 14.7 Å². The van der Waals surface area contributed by atoms with E-state index in [9.17, 15) is 4.79 Å². The van der Waals surface area contributed by atoms with Crippen molar-refractivity contribution in [3.8, 4) is 5.75 Å². The fraction of sp³-hybridized carbons (Fsp3) is 0.429. The summed E-state index contributed by atoms with van der Waals surface area (Å²) in [6.45, 7) is 4.41. The number of nitrogens with zero attached hydrogens (tertiary/aromatic N) is 3. The summed E-state index contributed by atoms with van der Waals surface area (Å²) in [5.74, 6) is 1.08. The van der Waals surface area contributed by atoms with Gasteiger partial charge in [-0.05, 0) is 49.9 Å². The van der Waals surface area contributed by atoms with Crippen LogP contribution in [0.2, 0.25) is 0 Å². The largest absolute Gasteiger partial charge is 0.490 e. The van der Waals surface area contributed by atoms with Gasteiger partial charge in [-0.15, -0.1) is 0 Å². The number of hydrogen-bond acceptors (Lipinski definition) is 4. The van der Waals surface area contributed by atoms with Crippen LogP contribution < -0.4 is 9.64 Å². The Balaban J connectivity index is 1.31. The first-order chi connectivity index (χ1) is 12.7. The van der Waals surface area contributed by atoms with Crippen molar-refractivity contribution in [2.24, 2.45) is 0 Å². The SMILES string of the molecule is CC1Cc2ccccc2N1C(=O)CN1CCC(Oc2ccncc2)CC1. The van der Waals surface area contributed by atoms with Crippen LogP contribution in [0, 0.1) is 0 Å². The molecular formula is C21H25N3O2. The van der Waals surface area contributed by atoms with Crippen LogP contribution in [0.1, 0.15) is 25.3 Å². The minimum absolute atomic E-state index is 0.205. The van der Waals surface area contributed by atoms with Crippen molar-refractivity contribution in [1.82, 2.24) is 9.88 Å². The molecule has 5 heteroatoms. The fourth-order valence-electron chi connectivity index (χ4n) is 4.01. The van der Waals surface area contributed by atoms with Crippen molar-refractivity contribution in [1.29, 1.82) is 0 Å². The average molecular weight is 351 g/mol. The number of aromatic nitrogens is 1. The van der Waals surface area contributed by atoms with Gasteiger partial charge in [0.2, 0.25) is 5.91 Å². The van der Waals surface area contributed by atoms with E-state index in [-0.39, 0.29) is 18.1 Å². The number of pyridine rings is 1. The Kier molecular flexibility index (Phi) is 4.89. The smallest absolute Gasteiger partial charge is 0.241 e. The molecule has 0 N–H and O–H groups in total. The molecule has 0 spiro atoms. The lowest BCUT2D eigenvalue weighted by atomic mass is 10.1. The topological polar surface area (TPSA) is 45.7 Å². The maximum absolute atomic E-state index is 12.9. The molecule has 2 aliphatic rings. The predicted molar refractivity (Wildman–Crippen MR) is 101 cm³/mol. The summed E-state index contributed by atoms with van der Waals surface area (Å²) >= 11 is 0. The van der Waals surface area contributed by atoms with Crippen molar-refractivity contribution >= 4 is 11.6 Å². The second-order valence-electron chi connectivity index (χ2n) is 7.22. The highest BCUT2D eigenvalue weighted by Crippen LogP contribution is 2.32. The van der Waals surface area contributed by atoms with Gasteiger partial charge in [0.15, 0.2) is 0 Å². The Bertz CT molecular complexity index is 757. The normalized spacial score (nSPS) is 20.8. The Morgan fingerprint density at radius 2 is 1.88 bits per heavy atom. The standard InChI is InChI=1S/C21H25N3O2/c1-16-14-17-4-2-3-5-20(17)24(16)21(25)15-23-12-8-19(9-13-23)26-18-6-10-22-11-7-18/h2-7,10-11,16,19H,8-9,12-15H2,1H3. The number of anilines is 1. The van der Waals surface area contributed by atoms with E-state index in [2.05, 4.69) is 28.9 Å². The molecule has 1 fully saturated rings. The van der Waals surface area contributed by atoms with E-state index in [4.69, 9.17) is 4.74 Å². The molecule has 1 aromatic heterocycles. The maximum atomic E-state index is 12.9. The lowest BCUT2D eigenvalue weighted by Gasteiger charge is -2.33. The second-order valence-corrected chi connectivity index (χ2v) is 7.22. The number of carbonyl (C=O) groups is 1. The van der Waals surface area contributed by atoms with Crippen LogP contribution in [0.4, 0.5) is 5.69 Å². The summed E-state index contributed by atoms with van der Waals surface area (Å²) in [5, 5.41) is 0. The van der Waals surface area contributed by atoms with E-state index in [1.54, 1.807) is 12.4 Å². The van der Waals surface area contributed by atoms with Crippen molar-refractivity contribution in [3.63, 3.8) is 0 Å². The summed E-state index contributed by atoms with van der Waals surface area (Å²) in [7, 11) is 0. The van der Waals surface area contributed by atoms with E-state index in [1.165, 1.54) is 5.56 Å². The monoisotopic (exact) mass is 351 g/mol. The number of benzene rings is 1. The van der Waals surface area contributed by atoms with Gasteiger partial charge in [0, 0.05) is 37.2 Å². The first-order valence-electron chi connectivity index (χ1n) is 9.40. The molecule has 4 rings (SSSR count). The van der Waals surface area contributed by atoms with Crippen LogP contribution in [-0.2, 0) is 11.2 Å². The summed E-state index contributed by atoms with van der Waals surface area (Å²) in [4.78, 5) is 21.2. The number of likely N-dealkylation sites (tertiary alicyclic amines) is 1. The van der Waals surface area contributed by atoms with Crippen LogP contribution in [0.5, 0.6) is 5.75 Å². The first-order valence-corrected chi connectivity index (χ1v) is 9.40. The van der Waals surface area contributed by atoms with Crippen LogP contribution >= 0.6 is 0 Å². The van der Waals surface area contributed by atoms with Gasteiger partial charge in [0.25, 0.3) is 0 Å². The molecule has 5 nitrogen and oxygen atoms in total. The molecule has 1 saturated heterocycles. The van der Waals surface area contributed by atoms with Crippen molar-refractivity contribution in [2.45, 2.75) is 38.3 Å². The minimum Gasteiger partial charge on any atom is -0.490 e. The zero-order chi connectivity index (χ0) is 17.9. The molecule has 0 bridgehead atoms. The quantitative estimate of drug-likeness (QED) is 0.850. The number of hydrogen-bond donors (Lipinski definition) is 0. The molecule has 1 amide bonds. The molecule has 3 heterocycles. The number of amides is 1.